The minimum absolute atomic E-state index is 0.163. The second-order valence-corrected chi connectivity index (χ2v) is 9.28. The predicted molar refractivity (Wildman–Crippen MR) is 146 cm³/mol. The number of rotatable bonds is 5. The number of ether oxygens (including phenoxy) is 1. The lowest BCUT2D eigenvalue weighted by atomic mass is 10.2. The Labute approximate surface area is 217 Å². The van der Waals surface area contributed by atoms with Crippen molar-refractivity contribution < 1.29 is 9.84 Å². The van der Waals surface area contributed by atoms with Crippen LogP contribution in [0.4, 0.5) is 11.4 Å². The molecule has 1 fully saturated rings. The van der Waals surface area contributed by atoms with Crippen LogP contribution in [0.5, 0.6) is 11.6 Å². The van der Waals surface area contributed by atoms with Gasteiger partial charge in [-0.25, -0.2) is 14.2 Å². The van der Waals surface area contributed by atoms with Crippen LogP contribution in [0.15, 0.2) is 55.8 Å². The van der Waals surface area contributed by atoms with Crippen molar-refractivity contribution in [2.75, 3.05) is 45.2 Å². The third kappa shape index (κ3) is 4.18. The van der Waals surface area contributed by atoms with E-state index in [1.807, 2.05) is 6.07 Å². The van der Waals surface area contributed by atoms with Gasteiger partial charge in [0.25, 0.3) is 5.56 Å². The highest BCUT2D eigenvalue weighted by Crippen LogP contribution is 2.34. The third-order valence-corrected chi connectivity index (χ3v) is 6.99. The smallest absolute Gasteiger partial charge is 0.335 e. The van der Waals surface area contributed by atoms with Crippen LogP contribution < -0.4 is 26.6 Å². The van der Waals surface area contributed by atoms with Crippen LogP contribution in [-0.2, 0) is 14.1 Å². The molecule has 0 bridgehead atoms. The van der Waals surface area contributed by atoms with E-state index in [0.717, 1.165) is 42.0 Å². The van der Waals surface area contributed by atoms with Crippen LogP contribution in [0.3, 0.4) is 0 Å². The molecule has 2 aromatic carbocycles. The van der Waals surface area contributed by atoms with Gasteiger partial charge in [-0.1, -0.05) is 12.1 Å². The lowest BCUT2D eigenvalue weighted by molar-refractivity contribution is 0.313. The molecular weight excluding hydrogens is 490 g/mol. The molecule has 4 aromatic rings. The number of nitrogens with one attached hydrogen (secondary N) is 1. The van der Waals surface area contributed by atoms with E-state index < -0.39 is 17.1 Å². The van der Waals surface area contributed by atoms with Gasteiger partial charge in [-0.3, -0.25) is 23.9 Å². The second-order valence-electron chi connectivity index (χ2n) is 9.28. The molecule has 3 heterocycles. The van der Waals surface area contributed by atoms with Gasteiger partial charge in [0, 0.05) is 46.5 Å². The number of anilines is 1. The minimum atomic E-state index is -0.812. The second kappa shape index (κ2) is 9.71. The number of hydrogen-bond donors (Lipinski definition) is 2. The van der Waals surface area contributed by atoms with Crippen LogP contribution in [0.2, 0.25) is 0 Å². The van der Waals surface area contributed by atoms with E-state index in [1.165, 1.54) is 17.9 Å². The molecule has 1 aliphatic heterocycles. The van der Waals surface area contributed by atoms with Crippen molar-refractivity contribution in [1.29, 1.82) is 0 Å². The van der Waals surface area contributed by atoms with E-state index >= 15 is 0 Å². The SMILES string of the molecule is COc1ccccc1-n1c(O)c(C=Nc2cc3c(cc2N2CCN(C)CC2)n(C)c(=O)n3C)c(=O)[nH]c1=O. The van der Waals surface area contributed by atoms with Gasteiger partial charge in [-0.2, -0.15) is 0 Å². The molecule has 12 nitrogen and oxygen atoms in total. The van der Waals surface area contributed by atoms with E-state index in [-0.39, 0.29) is 16.9 Å². The molecule has 198 valence electrons. The maximum absolute atomic E-state index is 12.7. The summed E-state index contributed by atoms with van der Waals surface area (Å²) < 4.78 is 9.41. The Balaban J connectivity index is 1.67. The zero-order chi connectivity index (χ0) is 27.1. The molecular formula is C26H29N7O5. The number of H-pyrrole nitrogens is 1. The zero-order valence-electron chi connectivity index (χ0n) is 21.6. The fraction of sp³-hybridized carbons (Fsp3) is 0.308. The topological polar surface area (TPSA) is 130 Å². The average Bonchev–Trinajstić information content (AvgIpc) is 3.11. The van der Waals surface area contributed by atoms with Gasteiger partial charge in [0.05, 0.1) is 35.2 Å². The normalized spacial score (nSPS) is 14.6. The number of aromatic hydroxyl groups is 1. The Morgan fingerprint density at radius 3 is 2.29 bits per heavy atom. The van der Waals surface area contributed by atoms with Crippen molar-refractivity contribution in [2.24, 2.45) is 19.1 Å². The lowest BCUT2D eigenvalue weighted by Gasteiger charge is -2.34. The summed E-state index contributed by atoms with van der Waals surface area (Å²) in [6.07, 6.45) is 1.24. The first-order valence-corrected chi connectivity index (χ1v) is 12.1. The van der Waals surface area contributed by atoms with Crippen LogP contribution in [0, 0.1) is 0 Å². The number of imidazole rings is 1. The van der Waals surface area contributed by atoms with Crippen molar-refractivity contribution >= 4 is 28.6 Å². The predicted octanol–water partition coefficient (Wildman–Crippen LogP) is 0.933. The standard InChI is InChI=1S/C26H29N7O5/c1-29-9-11-32(12-10-29)19-14-21-20(30(2)26(37)31(21)3)13-17(19)27-15-16-23(34)28-25(36)33(24(16)35)18-7-5-6-8-22(18)38-4/h5-8,13-15,35H,9-12H2,1-4H3,(H,28,34,36). The highest BCUT2D eigenvalue weighted by atomic mass is 16.5. The molecule has 38 heavy (non-hydrogen) atoms. The molecule has 5 rings (SSSR count). The Bertz CT molecular complexity index is 1740. The number of aliphatic imine (C=N–C) groups is 1. The van der Waals surface area contributed by atoms with E-state index in [2.05, 4.69) is 26.8 Å². The van der Waals surface area contributed by atoms with Crippen molar-refractivity contribution in [3.05, 3.63) is 73.3 Å². The fourth-order valence-electron chi connectivity index (χ4n) is 4.75. The summed E-state index contributed by atoms with van der Waals surface area (Å²) in [5.41, 5.74) is 1.09. The highest BCUT2D eigenvalue weighted by Gasteiger charge is 2.21. The Kier molecular flexibility index (Phi) is 6.41. The van der Waals surface area contributed by atoms with Crippen LogP contribution in [0.1, 0.15) is 5.56 Å². The first kappa shape index (κ1) is 25.1. The number of likely N-dealkylation sites (N-methyl/N-ethyl adjacent to an activating group) is 1. The monoisotopic (exact) mass is 519 g/mol. The summed E-state index contributed by atoms with van der Waals surface area (Å²) in [5, 5.41) is 11.0. The fourth-order valence-corrected chi connectivity index (χ4v) is 4.75. The van der Waals surface area contributed by atoms with E-state index in [1.54, 1.807) is 49.0 Å². The van der Waals surface area contributed by atoms with Crippen LogP contribution >= 0.6 is 0 Å². The quantitative estimate of drug-likeness (QED) is 0.375. The van der Waals surface area contributed by atoms with Gasteiger partial charge in [0.15, 0.2) is 0 Å². The molecule has 12 heteroatoms. The Hall–Kier alpha value is -4.58. The molecule has 0 aliphatic carbocycles. The van der Waals surface area contributed by atoms with Crippen LogP contribution in [-0.4, -0.2) is 75.2 Å². The molecule has 1 saturated heterocycles. The van der Waals surface area contributed by atoms with E-state index in [9.17, 15) is 19.5 Å². The molecule has 0 radical (unpaired) electrons. The minimum Gasteiger partial charge on any atom is -0.495 e. The maximum Gasteiger partial charge on any atom is 0.335 e. The van der Waals surface area contributed by atoms with Gasteiger partial charge in [0.2, 0.25) is 5.88 Å². The van der Waals surface area contributed by atoms with E-state index in [0.29, 0.717) is 17.0 Å². The number of aromatic nitrogens is 4. The number of nitrogens with zero attached hydrogens (tertiary/aromatic N) is 6. The van der Waals surface area contributed by atoms with Crippen LogP contribution in [0.25, 0.3) is 16.7 Å². The lowest BCUT2D eigenvalue weighted by Crippen LogP contribution is -2.44. The Morgan fingerprint density at radius 2 is 1.61 bits per heavy atom. The molecule has 2 aromatic heterocycles. The average molecular weight is 520 g/mol. The van der Waals surface area contributed by atoms with Crippen molar-refractivity contribution in [3.63, 3.8) is 0 Å². The van der Waals surface area contributed by atoms with E-state index in [4.69, 9.17) is 4.74 Å². The van der Waals surface area contributed by atoms with Gasteiger partial charge in [-0.15, -0.1) is 0 Å². The highest BCUT2D eigenvalue weighted by molar-refractivity contribution is 5.92. The molecule has 0 spiro atoms. The molecule has 0 unspecified atom stereocenters. The number of hydrogen-bond acceptors (Lipinski definition) is 8. The van der Waals surface area contributed by atoms with Crippen molar-refractivity contribution in [2.45, 2.75) is 0 Å². The number of aryl methyl sites for hydroxylation is 2. The summed E-state index contributed by atoms with van der Waals surface area (Å²) in [6.45, 7) is 3.24. The largest absolute Gasteiger partial charge is 0.495 e. The number of methoxy groups -OCH3 is 1. The van der Waals surface area contributed by atoms with Gasteiger partial charge < -0.3 is 19.6 Å². The number of fused-ring (bicyclic) bond motifs is 1. The zero-order valence-corrected chi connectivity index (χ0v) is 21.6. The van der Waals surface area contributed by atoms with Crippen molar-refractivity contribution in [1.82, 2.24) is 23.6 Å². The first-order chi connectivity index (χ1) is 18.2. The first-order valence-electron chi connectivity index (χ1n) is 12.1. The summed E-state index contributed by atoms with van der Waals surface area (Å²) in [6, 6.07) is 10.4. The summed E-state index contributed by atoms with van der Waals surface area (Å²) in [4.78, 5) is 49.3. The maximum atomic E-state index is 12.7. The number of para-hydroxylation sites is 2. The molecule has 0 saturated carbocycles. The summed E-state index contributed by atoms with van der Waals surface area (Å²) >= 11 is 0. The third-order valence-electron chi connectivity index (χ3n) is 6.99. The number of aromatic amines is 1. The van der Waals surface area contributed by atoms with Gasteiger partial charge >= 0.3 is 11.4 Å². The molecule has 0 amide bonds. The Morgan fingerprint density at radius 1 is 0.947 bits per heavy atom. The molecule has 0 atom stereocenters. The summed E-state index contributed by atoms with van der Waals surface area (Å²) in [5.74, 6) is -0.228. The number of piperazine rings is 1. The van der Waals surface area contributed by atoms with Crippen molar-refractivity contribution in [3.8, 4) is 17.3 Å². The summed E-state index contributed by atoms with van der Waals surface area (Å²) in [7, 11) is 6.92. The molecule has 1 aliphatic rings. The van der Waals surface area contributed by atoms with Gasteiger partial charge in [0.1, 0.15) is 11.3 Å². The van der Waals surface area contributed by atoms with Gasteiger partial charge in [-0.05, 0) is 31.3 Å². The molecule has 2 N–H and O–H groups in total. The number of benzene rings is 2.